The van der Waals surface area contributed by atoms with E-state index in [1.54, 1.807) is 0 Å². The third-order valence-electron chi connectivity index (χ3n) is 6.86. The summed E-state index contributed by atoms with van der Waals surface area (Å²) in [5.41, 5.74) is 0.638. The first kappa shape index (κ1) is 27.3. The summed E-state index contributed by atoms with van der Waals surface area (Å²) in [5.74, 6) is -0.132. The maximum absolute atomic E-state index is 13.6. The van der Waals surface area contributed by atoms with Crippen LogP contribution in [0.25, 0.3) is 0 Å². The number of amides is 2. The number of likely N-dealkylation sites (N-methyl/N-ethyl adjacent to an activating group) is 1. The van der Waals surface area contributed by atoms with Gasteiger partial charge in [-0.25, -0.2) is 8.42 Å². The zero-order chi connectivity index (χ0) is 27.7. The molecule has 1 fully saturated rings. The van der Waals surface area contributed by atoms with Gasteiger partial charge in [-0.15, -0.1) is 0 Å². The molecule has 0 aromatic heterocycles. The summed E-state index contributed by atoms with van der Waals surface area (Å²) in [7, 11) is -2.35. The molecule has 2 aromatic rings. The minimum atomic E-state index is -3.87. The summed E-state index contributed by atoms with van der Waals surface area (Å²) >= 11 is 0. The van der Waals surface area contributed by atoms with Gasteiger partial charge in [-0.1, -0.05) is 51.1 Å². The van der Waals surface area contributed by atoms with Gasteiger partial charge in [-0.05, 0) is 29.7 Å². The van der Waals surface area contributed by atoms with Gasteiger partial charge in [-0.2, -0.15) is 9.57 Å². The zero-order valence-corrected chi connectivity index (χ0v) is 22.7. The molecule has 4 rings (SSSR count). The first-order valence-corrected chi connectivity index (χ1v) is 13.8. The van der Waals surface area contributed by atoms with Crippen molar-refractivity contribution in [3.8, 4) is 6.07 Å². The number of carbonyl (C=O) groups excluding carboxylic acids is 2. The van der Waals surface area contributed by atoms with Crippen LogP contribution in [0.1, 0.15) is 31.9 Å². The van der Waals surface area contributed by atoms with Crippen molar-refractivity contribution in [3.05, 3.63) is 65.7 Å². The van der Waals surface area contributed by atoms with Gasteiger partial charge in [-0.3, -0.25) is 14.6 Å². The van der Waals surface area contributed by atoms with E-state index < -0.39 is 39.5 Å². The van der Waals surface area contributed by atoms with E-state index >= 15 is 0 Å². The van der Waals surface area contributed by atoms with Crippen molar-refractivity contribution in [3.63, 3.8) is 0 Å². The molecule has 3 atom stereocenters. The quantitative estimate of drug-likeness (QED) is 0.572. The average Bonchev–Trinajstić information content (AvgIpc) is 3.30. The lowest BCUT2D eigenvalue weighted by Gasteiger charge is -2.40. The van der Waals surface area contributed by atoms with Crippen molar-refractivity contribution in [2.75, 3.05) is 26.7 Å². The van der Waals surface area contributed by atoms with Crippen LogP contribution in [0.5, 0.6) is 0 Å². The van der Waals surface area contributed by atoms with Crippen LogP contribution >= 0.6 is 0 Å². The molecule has 0 aliphatic carbocycles. The fourth-order valence-electron chi connectivity index (χ4n) is 4.79. The Kier molecular flexibility index (Phi) is 7.58. The first-order valence-electron chi connectivity index (χ1n) is 12.4. The van der Waals surface area contributed by atoms with Crippen LogP contribution in [0, 0.1) is 16.7 Å². The second-order valence-corrected chi connectivity index (χ2v) is 12.4. The number of piperazine rings is 1. The number of nitriles is 1. The SMILES string of the molecule is CNC(=O)C(NC(=O)C1N=C(c2ccccc2)N2CCN(S(=O)(=O)c3ccc(C#N)cc3)CC12)C(C)(C)C. The zero-order valence-electron chi connectivity index (χ0n) is 21.9. The van der Waals surface area contributed by atoms with E-state index in [0.717, 1.165) is 5.56 Å². The smallest absolute Gasteiger partial charge is 0.247 e. The fourth-order valence-corrected chi connectivity index (χ4v) is 6.24. The number of nitrogens with zero attached hydrogens (tertiary/aromatic N) is 4. The van der Waals surface area contributed by atoms with E-state index in [-0.39, 0.29) is 23.9 Å². The topological polar surface area (TPSA) is 135 Å². The predicted molar refractivity (Wildman–Crippen MR) is 143 cm³/mol. The van der Waals surface area contributed by atoms with Crippen LogP contribution in [0.2, 0.25) is 0 Å². The largest absolute Gasteiger partial charge is 0.357 e. The average molecular weight is 537 g/mol. The summed E-state index contributed by atoms with van der Waals surface area (Å²) in [6, 6.07) is 14.9. The van der Waals surface area contributed by atoms with Gasteiger partial charge >= 0.3 is 0 Å². The molecular weight excluding hydrogens is 504 g/mol. The van der Waals surface area contributed by atoms with Gasteiger partial charge in [0.15, 0.2) is 6.04 Å². The predicted octanol–water partition coefficient (Wildman–Crippen LogP) is 1.34. The second-order valence-electron chi connectivity index (χ2n) is 10.4. The molecular formula is C27H32N6O4S. The number of sulfonamides is 1. The Balaban J connectivity index is 1.66. The monoisotopic (exact) mass is 536 g/mol. The Labute approximate surface area is 223 Å². The van der Waals surface area contributed by atoms with Crippen molar-refractivity contribution in [1.29, 1.82) is 5.26 Å². The van der Waals surface area contributed by atoms with Crippen LogP contribution in [0.4, 0.5) is 0 Å². The highest BCUT2D eigenvalue weighted by molar-refractivity contribution is 7.89. The number of amidine groups is 1. The fraction of sp³-hybridized carbons (Fsp3) is 0.407. The Morgan fingerprint density at radius 2 is 1.74 bits per heavy atom. The van der Waals surface area contributed by atoms with E-state index in [2.05, 4.69) is 10.6 Å². The van der Waals surface area contributed by atoms with E-state index in [1.807, 2.05) is 62.1 Å². The van der Waals surface area contributed by atoms with E-state index in [1.165, 1.54) is 35.6 Å². The Hall–Kier alpha value is -3.75. The summed E-state index contributed by atoms with van der Waals surface area (Å²) in [5, 5.41) is 14.5. The molecule has 2 aliphatic rings. The van der Waals surface area contributed by atoms with E-state index in [0.29, 0.717) is 17.9 Å². The Morgan fingerprint density at radius 1 is 1.08 bits per heavy atom. The van der Waals surface area contributed by atoms with Crippen molar-refractivity contribution in [2.45, 2.75) is 43.8 Å². The highest BCUT2D eigenvalue weighted by Gasteiger charge is 2.47. The summed E-state index contributed by atoms with van der Waals surface area (Å²) in [6.07, 6.45) is 0. The third-order valence-corrected chi connectivity index (χ3v) is 8.74. The van der Waals surface area contributed by atoms with Crippen molar-refractivity contribution in [2.24, 2.45) is 10.4 Å². The molecule has 3 unspecified atom stereocenters. The van der Waals surface area contributed by atoms with Gasteiger partial charge in [0.05, 0.1) is 22.6 Å². The third kappa shape index (κ3) is 5.28. The van der Waals surface area contributed by atoms with Gasteiger partial charge in [0.25, 0.3) is 0 Å². The van der Waals surface area contributed by atoms with Crippen LogP contribution in [-0.2, 0) is 19.6 Å². The molecule has 2 amide bonds. The molecule has 2 N–H and O–H groups in total. The molecule has 1 saturated heterocycles. The lowest BCUT2D eigenvalue weighted by Crippen LogP contribution is -2.61. The van der Waals surface area contributed by atoms with E-state index in [4.69, 9.17) is 10.3 Å². The molecule has 2 aromatic carbocycles. The van der Waals surface area contributed by atoms with E-state index in [9.17, 15) is 18.0 Å². The van der Waals surface area contributed by atoms with Crippen molar-refractivity contribution < 1.29 is 18.0 Å². The number of carbonyl (C=O) groups is 2. The molecule has 0 radical (unpaired) electrons. The highest BCUT2D eigenvalue weighted by atomic mass is 32.2. The lowest BCUT2D eigenvalue weighted by atomic mass is 9.85. The molecule has 200 valence electrons. The second kappa shape index (κ2) is 10.6. The van der Waals surface area contributed by atoms with Crippen LogP contribution in [0.15, 0.2) is 64.5 Å². The van der Waals surface area contributed by atoms with Gasteiger partial charge < -0.3 is 15.5 Å². The highest BCUT2D eigenvalue weighted by Crippen LogP contribution is 2.30. The lowest BCUT2D eigenvalue weighted by molar-refractivity contribution is -0.132. The van der Waals surface area contributed by atoms with Gasteiger partial charge in [0, 0.05) is 32.2 Å². The molecule has 10 nitrogen and oxygen atoms in total. The number of hydrogen-bond donors (Lipinski definition) is 2. The Bertz CT molecular complexity index is 1380. The maximum atomic E-state index is 13.6. The standard InChI is InChI=1S/C27H32N6O4S/c1-27(2,3)23(26(35)29-4)31-25(34)22-21-17-32(38(36,37)20-12-10-18(16-28)11-13-20)14-15-33(21)24(30-22)19-8-6-5-7-9-19/h5-13,21-23H,14-15,17H2,1-4H3,(H,29,35)(H,31,34). The summed E-state index contributed by atoms with van der Waals surface area (Å²) < 4.78 is 28.3. The van der Waals surface area contributed by atoms with Gasteiger partial charge in [0.1, 0.15) is 11.9 Å². The Morgan fingerprint density at radius 3 is 2.32 bits per heavy atom. The molecule has 0 bridgehead atoms. The number of rotatable bonds is 6. The van der Waals surface area contributed by atoms with Gasteiger partial charge in [0.2, 0.25) is 21.8 Å². The minimum absolute atomic E-state index is 0.0421. The number of nitrogens with one attached hydrogen (secondary N) is 2. The maximum Gasteiger partial charge on any atom is 0.247 e. The van der Waals surface area contributed by atoms with Crippen molar-refractivity contribution in [1.82, 2.24) is 19.8 Å². The normalized spacial score (nSPS) is 20.6. The molecule has 2 aliphatic heterocycles. The molecule has 0 spiro atoms. The molecule has 2 heterocycles. The van der Waals surface area contributed by atoms with Crippen LogP contribution in [-0.4, -0.2) is 80.1 Å². The van der Waals surface area contributed by atoms with Crippen LogP contribution < -0.4 is 10.6 Å². The first-order chi connectivity index (χ1) is 18.0. The number of fused-ring (bicyclic) bond motifs is 1. The summed E-state index contributed by atoms with van der Waals surface area (Å²) in [4.78, 5) is 33.1. The van der Waals surface area contributed by atoms with Crippen LogP contribution in [0.3, 0.4) is 0 Å². The number of benzene rings is 2. The number of hydrogen-bond acceptors (Lipinski definition) is 7. The number of aliphatic imine (C=N–C) groups is 1. The van der Waals surface area contributed by atoms with Crippen molar-refractivity contribution >= 4 is 27.7 Å². The summed E-state index contributed by atoms with van der Waals surface area (Å²) in [6.45, 7) is 6.18. The molecule has 11 heteroatoms. The molecule has 0 saturated carbocycles. The molecule has 38 heavy (non-hydrogen) atoms. The minimum Gasteiger partial charge on any atom is -0.357 e.